The Hall–Kier alpha value is -2.10. The SMILES string of the molecule is CNc1cc(C(=O)NCCCC(C)C)nc2ccccc12. The average molecular weight is 285 g/mol. The Morgan fingerprint density at radius 2 is 2.05 bits per heavy atom. The van der Waals surface area contributed by atoms with Gasteiger partial charge in [-0.1, -0.05) is 32.0 Å². The molecule has 0 fully saturated rings. The first-order valence-electron chi connectivity index (χ1n) is 7.47. The van der Waals surface area contributed by atoms with Crippen molar-refractivity contribution in [3.8, 4) is 0 Å². The summed E-state index contributed by atoms with van der Waals surface area (Å²) >= 11 is 0. The van der Waals surface area contributed by atoms with Gasteiger partial charge in [0.05, 0.1) is 5.52 Å². The maximum Gasteiger partial charge on any atom is 0.269 e. The lowest BCUT2D eigenvalue weighted by molar-refractivity contribution is 0.0948. The predicted molar refractivity (Wildman–Crippen MR) is 87.7 cm³/mol. The quantitative estimate of drug-likeness (QED) is 0.799. The fourth-order valence-electron chi connectivity index (χ4n) is 2.30. The lowest BCUT2D eigenvalue weighted by atomic mass is 10.1. The van der Waals surface area contributed by atoms with Gasteiger partial charge in [-0.3, -0.25) is 4.79 Å². The summed E-state index contributed by atoms with van der Waals surface area (Å²) in [7, 11) is 1.85. The molecule has 4 heteroatoms. The van der Waals surface area contributed by atoms with Crippen LogP contribution in [0.25, 0.3) is 10.9 Å². The van der Waals surface area contributed by atoms with Crippen LogP contribution < -0.4 is 10.6 Å². The first kappa shape index (κ1) is 15.3. The number of hydrogen-bond donors (Lipinski definition) is 2. The van der Waals surface area contributed by atoms with Crippen molar-refractivity contribution in [2.45, 2.75) is 26.7 Å². The summed E-state index contributed by atoms with van der Waals surface area (Å²) in [6.45, 7) is 5.07. The standard InChI is InChI=1S/C17H23N3O/c1-12(2)7-6-10-19-17(21)16-11-15(18-3)13-8-4-5-9-14(13)20-16/h4-5,8-9,11-12H,6-7,10H2,1-3H3,(H,18,20)(H,19,21). The van der Waals surface area contributed by atoms with Crippen LogP contribution in [0.3, 0.4) is 0 Å². The van der Waals surface area contributed by atoms with Crippen LogP contribution in [0.4, 0.5) is 5.69 Å². The molecule has 2 N–H and O–H groups in total. The van der Waals surface area contributed by atoms with E-state index in [4.69, 9.17) is 0 Å². The maximum atomic E-state index is 12.2. The summed E-state index contributed by atoms with van der Waals surface area (Å²) in [4.78, 5) is 16.6. The number of nitrogens with one attached hydrogen (secondary N) is 2. The smallest absolute Gasteiger partial charge is 0.269 e. The van der Waals surface area contributed by atoms with Gasteiger partial charge in [-0.2, -0.15) is 0 Å². The van der Waals surface area contributed by atoms with E-state index in [1.165, 1.54) is 0 Å². The molecule has 1 amide bonds. The molecule has 0 radical (unpaired) electrons. The van der Waals surface area contributed by atoms with Crippen LogP contribution in [0.15, 0.2) is 30.3 Å². The average Bonchev–Trinajstić information content (AvgIpc) is 2.50. The minimum Gasteiger partial charge on any atom is -0.388 e. The van der Waals surface area contributed by atoms with E-state index in [0.29, 0.717) is 18.2 Å². The molecule has 21 heavy (non-hydrogen) atoms. The normalized spacial score (nSPS) is 10.9. The highest BCUT2D eigenvalue weighted by Crippen LogP contribution is 2.22. The van der Waals surface area contributed by atoms with Crippen molar-refractivity contribution in [3.05, 3.63) is 36.0 Å². The van der Waals surface area contributed by atoms with E-state index >= 15 is 0 Å². The van der Waals surface area contributed by atoms with Gasteiger partial charge in [0.2, 0.25) is 0 Å². The van der Waals surface area contributed by atoms with Gasteiger partial charge >= 0.3 is 0 Å². The Kier molecular flexibility index (Phi) is 5.14. The third kappa shape index (κ3) is 3.94. The van der Waals surface area contributed by atoms with E-state index in [2.05, 4.69) is 29.5 Å². The first-order chi connectivity index (χ1) is 10.1. The van der Waals surface area contributed by atoms with Crippen molar-refractivity contribution >= 4 is 22.5 Å². The molecule has 2 aromatic rings. The van der Waals surface area contributed by atoms with Gasteiger partial charge in [-0.05, 0) is 30.9 Å². The van der Waals surface area contributed by atoms with Gasteiger partial charge in [0, 0.05) is 24.7 Å². The summed E-state index contributed by atoms with van der Waals surface area (Å²) in [6.07, 6.45) is 2.11. The second kappa shape index (κ2) is 7.07. The molecule has 2 rings (SSSR count). The number of carbonyl (C=O) groups excluding carboxylic acids is 1. The Bertz CT molecular complexity index is 622. The van der Waals surface area contributed by atoms with Crippen molar-refractivity contribution < 1.29 is 4.79 Å². The highest BCUT2D eigenvalue weighted by atomic mass is 16.1. The Balaban J connectivity index is 2.12. The minimum absolute atomic E-state index is 0.110. The van der Waals surface area contributed by atoms with Crippen LogP contribution in [0.1, 0.15) is 37.2 Å². The number of anilines is 1. The number of amides is 1. The molecule has 0 atom stereocenters. The zero-order valence-corrected chi connectivity index (χ0v) is 12.9. The third-order valence-electron chi connectivity index (χ3n) is 3.46. The number of rotatable bonds is 6. The van der Waals surface area contributed by atoms with Gasteiger partial charge < -0.3 is 10.6 Å². The van der Waals surface area contributed by atoms with Gasteiger partial charge in [-0.25, -0.2) is 4.98 Å². The number of hydrogen-bond acceptors (Lipinski definition) is 3. The summed E-state index contributed by atoms with van der Waals surface area (Å²) in [6, 6.07) is 9.62. The molecule has 0 unspecified atom stereocenters. The molecule has 0 aliphatic carbocycles. The van der Waals surface area contributed by atoms with Gasteiger partial charge in [0.25, 0.3) is 5.91 Å². The molecule has 0 aliphatic rings. The minimum atomic E-state index is -0.110. The number of para-hydroxylation sites is 1. The second-order valence-electron chi connectivity index (χ2n) is 5.61. The fourth-order valence-corrected chi connectivity index (χ4v) is 2.30. The molecule has 1 heterocycles. The Morgan fingerprint density at radius 3 is 2.76 bits per heavy atom. The maximum absolute atomic E-state index is 12.2. The molecule has 1 aromatic carbocycles. The molecule has 0 saturated heterocycles. The van der Waals surface area contributed by atoms with Crippen LogP contribution in [0.5, 0.6) is 0 Å². The Labute approximate surface area is 126 Å². The molecule has 0 aliphatic heterocycles. The van der Waals surface area contributed by atoms with Crippen molar-refractivity contribution in [2.75, 3.05) is 18.9 Å². The molecule has 0 saturated carbocycles. The molecule has 0 spiro atoms. The van der Waals surface area contributed by atoms with Crippen LogP contribution in [-0.2, 0) is 0 Å². The van der Waals surface area contributed by atoms with E-state index in [1.807, 2.05) is 31.3 Å². The lowest BCUT2D eigenvalue weighted by Crippen LogP contribution is -2.25. The topological polar surface area (TPSA) is 54.0 Å². The van der Waals surface area contributed by atoms with Crippen molar-refractivity contribution in [3.63, 3.8) is 0 Å². The molecule has 4 nitrogen and oxygen atoms in total. The predicted octanol–water partition coefficient (Wildman–Crippen LogP) is 3.44. The summed E-state index contributed by atoms with van der Waals surface area (Å²) < 4.78 is 0. The summed E-state index contributed by atoms with van der Waals surface area (Å²) in [5.41, 5.74) is 2.22. The summed E-state index contributed by atoms with van der Waals surface area (Å²) in [5, 5.41) is 7.09. The number of carbonyl (C=O) groups is 1. The summed E-state index contributed by atoms with van der Waals surface area (Å²) in [5.74, 6) is 0.553. The fraction of sp³-hybridized carbons (Fsp3) is 0.412. The lowest BCUT2D eigenvalue weighted by Gasteiger charge is -2.10. The largest absolute Gasteiger partial charge is 0.388 e. The van der Waals surface area contributed by atoms with Crippen LogP contribution in [-0.4, -0.2) is 24.5 Å². The zero-order valence-electron chi connectivity index (χ0n) is 12.9. The van der Waals surface area contributed by atoms with Crippen LogP contribution in [0, 0.1) is 5.92 Å². The molecule has 112 valence electrons. The van der Waals surface area contributed by atoms with Crippen molar-refractivity contribution in [2.24, 2.45) is 5.92 Å². The number of fused-ring (bicyclic) bond motifs is 1. The second-order valence-corrected chi connectivity index (χ2v) is 5.61. The van der Waals surface area contributed by atoms with E-state index in [0.717, 1.165) is 29.4 Å². The number of benzene rings is 1. The molecule has 1 aromatic heterocycles. The molecule has 0 bridgehead atoms. The van der Waals surface area contributed by atoms with E-state index in [-0.39, 0.29) is 5.91 Å². The van der Waals surface area contributed by atoms with Crippen molar-refractivity contribution in [1.29, 1.82) is 0 Å². The molecular formula is C17H23N3O. The highest BCUT2D eigenvalue weighted by Gasteiger charge is 2.11. The van der Waals surface area contributed by atoms with Gasteiger partial charge in [0.15, 0.2) is 0 Å². The van der Waals surface area contributed by atoms with Crippen molar-refractivity contribution in [1.82, 2.24) is 10.3 Å². The van der Waals surface area contributed by atoms with E-state index < -0.39 is 0 Å². The third-order valence-corrected chi connectivity index (χ3v) is 3.46. The number of aromatic nitrogens is 1. The van der Waals surface area contributed by atoms with Gasteiger partial charge in [-0.15, -0.1) is 0 Å². The zero-order chi connectivity index (χ0) is 15.2. The number of nitrogens with zero attached hydrogens (tertiary/aromatic N) is 1. The monoisotopic (exact) mass is 285 g/mol. The number of pyridine rings is 1. The van der Waals surface area contributed by atoms with E-state index in [9.17, 15) is 4.79 Å². The van der Waals surface area contributed by atoms with Gasteiger partial charge in [0.1, 0.15) is 5.69 Å². The molecular weight excluding hydrogens is 262 g/mol. The first-order valence-corrected chi connectivity index (χ1v) is 7.47. The van der Waals surface area contributed by atoms with Crippen LogP contribution >= 0.6 is 0 Å². The Morgan fingerprint density at radius 1 is 1.29 bits per heavy atom. The highest BCUT2D eigenvalue weighted by molar-refractivity contribution is 5.99. The van der Waals surface area contributed by atoms with Crippen LogP contribution in [0.2, 0.25) is 0 Å². The van der Waals surface area contributed by atoms with E-state index in [1.54, 1.807) is 6.07 Å².